The summed E-state index contributed by atoms with van der Waals surface area (Å²) in [6.45, 7) is 5.01. The first-order valence-electron chi connectivity index (χ1n) is 10.2. The first-order valence-corrected chi connectivity index (χ1v) is 10.6. The van der Waals surface area contributed by atoms with Crippen LogP contribution in [0.2, 0.25) is 5.02 Å². The molecule has 31 heavy (non-hydrogen) atoms. The van der Waals surface area contributed by atoms with Crippen molar-refractivity contribution < 1.29 is 23.5 Å². The molecule has 2 aliphatic heterocycles. The number of hydrogen-bond acceptors (Lipinski definition) is 5. The van der Waals surface area contributed by atoms with Crippen molar-refractivity contribution in [2.45, 2.75) is 32.8 Å². The largest absolute Gasteiger partial charge is 0.492 e. The highest BCUT2D eigenvalue weighted by Crippen LogP contribution is 2.27. The number of nitrogens with two attached hydrogens (primary N) is 1. The Kier molecular flexibility index (Phi) is 7.56. The number of carbonyl (C=O) groups is 2. The zero-order chi connectivity index (χ0) is 22.5. The highest BCUT2D eigenvalue weighted by atomic mass is 35.5. The predicted molar refractivity (Wildman–Crippen MR) is 115 cm³/mol. The van der Waals surface area contributed by atoms with Gasteiger partial charge >= 0.3 is 0 Å². The van der Waals surface area contributed by atoms with Crippen LogP contribution in [0.3, 0.4) is 0 Å². The Labute approximate surface area is 186 Å². The van der Waals surface area contributed by atoms with Gasteiger partial charge in [-0.15, -0.1) is 0 Å². The third-order valence-electron chi connectivity index (χ3n) is 5.41. The van der Waals surface area contributed by atoms with E-state index in [9.17, 15) is 14.0 Å². The molecular formula is C22H27ClFN3O4. The number of nitrogens with one attached hydrogen (secondary N) is 1. The molecule has 0 spiro atoms. The van der Waals surface area contributed by atoms with Gasteiger partial charge < -0.3 is 25.4 Å². The molecule has 2 amide bonds. The summed E-state index contributed by atoms with van der Waals surface area (Å²) >= 11 is 6.00. The standard InChI is InChI=1S/C22H27ClFN3O4/c1-13(25)17(10-19-14(2)30-12-21(28)26-19)22(29)27-7-5-15(6-8-27)11-31-20-4-3-16(24)9-18(20)23/h3-4,9-10,14-15H,5-8,11-12,25H2,1-2H3,(H,26,28)/b17-13+,19-10+. The number of morpholine rings is 1. The third-order valence-corrected chi connectivity index (χ3v) is 5.71. The van der Waals surface area contributed by atoms with Gasteiger partial charge in [-0.2, -0.15) is 0 Å². The summed E-state index contributed by atoms with van der Waals surface area (Å²) in [5.41, 5.74) is 7.22. The summed E-state index contributed by atoms with van der Waals surface area (Å²) in [5.74, 6) is -0.149. The summed E-state index contributed by atoms with van der Waals surface area (Å²) in [6, 6.07) is 4.04. The molecule has 1 unspecified atom stereocenters. The van der Waals surface area contributed by atoms with E-state index in [1.165, 1.54) is 18.2 Å². The van der Waals surface area contributed by atoms with Crippen LogP contribution in [0.5, 0.6) is 5.75 Å². The van der Waals surface area contributed by atoms with E-state index in [2.05, 4.69) is 5.32 Å². The number of nitrogens with zero attached hydrogens (tertiary/aromatic N) is 1. The van der Waals surface area contributed by atoms with Gasteiger partial charge in [0.05, 0.1) is 23.3 Å². The molecule has 0 radical (unpaired) electrons. The summed E-state index contributed by atoms with van der Waals surface area (Å²) in [6.07, 6.45) is 2.79. The first-order chi connectivity index (χ1) is 14.7. The van der Waals surface area contributed by atoms with E-state index in [4.69, 9.17) is 26.8 Å². The maximum atomic E-state index is 13.2. The second kappa shape index (κ2) is 10.2. The minimum atomic E-state index is -0.410. The molecule has 2 saturated heterocycles. The second-order valence-corrected chi connectivity index (χ2v) is 8.23. The van der Waals surface area contributed by atoms with Crippen LogP contribution in [0.25, 0.3) is 0 Å². The average Bonchev–Trinajstić information content (AvgIpc) is 2.73. The normalized spacial score (nSPS) is 22.2. The van der Waals surface area contributed by atoms with Gasteiger partial charge in [-0.1, -0.05) is 11.6 Å². The van der Waals surface area contributed by atoms with Gasteiger partial charge in [0.1, 0.15) is 18.2 Å². The van der Waals surface area contributed by atoms with Crippen molar-refractivity contribution in [2.75, 3.05) is 26.3 Å². The Bertz CT molecular complexity index is 906. The lowest BCUT2D eigenvalue weighted by Gasteiger charge is -2.32. The zero-order valence-corrected chi connectivity index (χ0v) is 18.4. The number of benzene rings is 1. The van der Waals surface area contributed by atoms with Gasteiger partial charge in [-0.25, -0.2) is 4.39 Å². The number of rotatable bonds is 5. The fraction of sp³-hybridized carbons (Fsp3) is 0.455. The van der Waals surface area contributed by atoms with E-state index >= 15 is 0 Å². The Morgan fingerprint density at radius 1 is 1.42 bits per heavy atom. The molecular weight excluding hydrogens is 425 g/mol. The molecule has 7 nitrogen and oxygen atoms in total. The van der Waals surface area contributed by atoms with Crippen molar-refractivity contribution >= 4 is 23.4 Å². The average molecular weight is 452 g/mol. The van der Waals surface area contributed by atoms with E-state index in [1.807, 2.05) is 0 Å². The lowest BCUT2D eigenvalue weighted by atomic mass is 9.96. The highest BCUT2D eigenvalue weighted by Gasteiger charge is 2.27. The monoisotopic (exact) mass is 451 g/mol. The number of piperidine rings is 1. The summed E-state index contributed by atoms with van der Waals surface area (Å²) in [7, 11) is 0. The van der Waals surface area contributed by atoms with Crippen molar-refractivity contribution in [1.82, 2.24) is 10.2 Å². The zero-order valence-electron chi connectivity index (χ0n) is 17.6. The molecule has 0 aromatic heterocycles. The summed E-state index contributed by atoms with van der Waals surface area (Å²) in [5, 5.41) is 2.98. The maximum absolute atomic E-state index is 13.2. The van der Waals surface area contributed by atoms with Crippen molar-refractivity contribution in [3.63, 3.8) is 0 Å². The van der Waals surface area contributed by atoms with Crippen molar-refractivity contribution in [3.8, 4) is 5.75 Å². The minimum absolute atomic E-state index is 0.00811. The lowest BCUT2D eigenvalue weighted by molar-refractivity contribution is -0.130. The van der Waals surface area contributed by atoms with E-state index in [0.717, 1.165) is 12.8 Å². The van der Waals surface area contributed by atoms with Gasteiger partial charge in [0.2, 0.25) is 5.91 Å². The van der Waals surface area contributed by atoms with Gasteiger partial charge in [-0.05, 0) is 56.9 Å². The van der Waals surface area contributed by atoms with Crippen molar-refractivity contribution in [1.29, 1.82) is 0 Å². The van der Waals surface area contributed by atoms with E-state index in [-0.39, 0.29) is 35.5 Å². The lowest BCUT2D eigenvalue weighted by Crippen LogP contribution is -2.42. The van der Waals surface area contributed by atoms with Crippen LogP contribution in [-0.2, 0) is 14.3 Å². The third kappa shape index (κ3) is 5.98. The topological polar surface area (TPSA) is 93.9 Å². The fourth-order valence-corrected chi connectivity index (χ4v) is 3.74. The van der Waals surface area contributed by atoms with Crippen LogP contribution >= 0.6 is 11.6 Å². The maximum Gasteiger partial charge on any atom is 0.255 e. The van der Waals surface area contributed by atoms with E-state index in [0.29, 0.717) is 42.4 Å². The van der Waals surface area contributed by atoms with Gasteiger partial charge in [0.25, 0.3) is 5.91 Å². The van der Waals surface area contributed by atoms with Crippen LogP contribution in [0.15, 0.2) is 41.2 Å². The van der Waals surface area contributed by atoms with Gasteiger partial charge in [0.15, 0.2) is 0 Å². The van der Waals surface area contributed by atoms with Crippen molar-refractivity contribution in [3.05, 3.63) is 52.1 Å². The highest BCUT2D eigenvalue weighted by molar-refractivity contribution is 6.32. The van der Waals surface area contributed by atoms with Gasteiger partial charge in [-0.3, -0.25) is 9.59 Å². The SMILES string of the molecule is C/C(N)=C(/C=C1/NC(=O)COC1C)C(=O)N1CCC(COc2ccc(F)cc2Cl)CC1. The summed E-state index contributed by atoms with van der Waals surface area (Å²) < 4.78 is 24.3. The molecule has 2 heterocycles. The van der Waals surface area contributed by atoms with Crippen LogP contribution in [0, 0.1) is 11.7 Å². The van der Waals surface area contributed by atoms with Crippen LogP contribution < -0.4 is 15.8 Å². The molecule has 168 valence electrons. The molecule has 2 aliphatic rings. The molecule has 2 fully saturated rings. The molecule has 0 aliphatic carbocycles. The number of amides is 2. The van der Waals surface area contributed by atoms with Crippen LogP contribution in [-0.4, -0.2) is 49.1 Å². The molecule has 3 N–H and O–H groups in total. The minimum Gasteiger partial charge on any atom is -0.492 e. The number of likely N-dealkylation sites (tertiary alicyclic amines) is 1. The first kappa shape index (κ1) is 23.1. The van der Waals surface area contributed by atoms with E-state index < -0.39 is 5.82 Å². The predicted octanol–water partition coefficient (Wildman–Crippen LogP) is 2.75. The number of halogens is 2. The second-order valence-electron chi connectivity index (χ2n) is 7.82. The van der Waals surface area contributed by atoms with E-state index in [1.54, 1.807) is 24.8 Å². The molecule has 1 aromatic carbocycles. The Morgan fingerprint density at radius 3 is 2.77 bits per heavy atom. The summed E-state index contributed by atoms with van der Waals surface area (Å²) in [4.78, 5) is 26.4. The molecule has 0 saturated carbocycles. The molecule has 0 bridgehead atoms. The fourth-order valence-electron chi connectivity index (χ4n) is 3.52. The van der Waals surface area contributed by atoms with Crippen molar-refractivity contribution in [2.24, 2.45) is 11.7 Å². The molecule has 3 rings (SSSR count). The quantitative estimate of drug-likeness (QED) is 0.671. The Balaban J connectivity index is 1.58. The molecule has 9 heteroatoms. The number of carbonyl (C=O) groups excluding carboxylic acids is 2. The van der Waals surface area contributed by atoms with Crippen LogP contribution in [0.4, 0.5) is 4.39 Å². The van der Waals surface area contributed by atoms with Crippen LogP contribution in [0.1, 0.15) is 26.7 Å². The number of allylic oxidation sites excluding steroid dienone is 1. The Hall–Kier alpha value is -2.58. The van der Waals surface area contributed by atoms with Gasteiger partial charge in [0, 0.05) is 24.5 Å². The Morgan fingerprint density at radius 2 is 2.13 bits per heavy atom. The smallest absolute Gasteiger partial charge is 0.255 e. The molecule has 1 atom stereocenters. The molecule has 1 aromatic rings. The number of ether oxygens (including phenoxy) is 2. The number of hydrogen-bond donors (Lipinski definition) is 2.